The highest BCUT2D eigenvalue weighted by Gasteiger charge is 2.35. The molecule has 3 heterocycles. The van der Waals surface area contributed by atoms with Crippen LogP contribution in [-0.4, -0.2) is 49.2 Å². The molecule has 3 rings (SSSR count). The van der Waals surface area contributed by atoms with E-state index in [-0.39, 0.29) is 11.9 Å². The number of carbonyl (C=O) groups is 1. The fourth-order valence-corrected chi connectivity index (χ4v) is 3.27. The highest BCUT2D eigenvalue weighted by Crippen LogP contribution is 2.35. The average molecular weight is 317 g/mol. The first kappa shape index (κ1) is 15.7. The zero-order valence-electron chi connectivity index (χ0n) is 13.8. The lowest BCUT2D eigenvalue weighted by molar-refractivity contribution is -0.137. The largest absolute Gasteiger partial charge is 0.338 e. The quantitative estimate of drug-likeness (QED) is 0.855. The third kappa shape index (κ3) is 3.42. The van der Waals surface area contributed by atoms with Gasteiger partial charge in [-0.25, -0.2) is 0 Å². The molecule has 124 valence electrons. The van der Waals surface area contributed by atoms with Crippen molar-refractivity contribution < 1.29 is 4.79 Å². The normalized spacial score (nSPS) is 21.9. The monoisotopic (exact) mass is 317 g/mol. The SMILES string of the molecule is CN1C(=O)CC[C@H](CNCc2cnn(C)n2)[C@H]1c1cnn(C)c1. The number of nitrogens with zero attached hydrogens (tertiary/aromatic N) is 6. The Hall–Kier alpha value is -2.22. The molecule has 2 aromatic heterocycles. The number of piperidine rings is 1. The Morgan fingerprint density at radius 2 is 2.09 bits per heavy atom. The van der Waals surface area contributed by atoms with Gasteiger partial charge in [0.25, 0.3) is 0 Å². The lowest BCUT2D eigenvalue weighted by atomic mass is 9.85. The van der Waals surface area contributed by atoms with Crippen molar-refractivity contribution in [1.82, 2.24) is 35.0 Å². The van der Waals surface area contributed by atoms with Gasteiger partial charge in [-0.15, -0.1) is 0 Å². The van der Waals surface area contributed by atoms with Crippen LogP contribution < -0.4 is 5.32 Å². The van der Waals surface area contributed by atoms with Gasteiger partial charge in [-0.3, -0.25) is 9.48 Å². The summed E-state index contributed by atoms with van der Waals surface area (Å²) in [5, 5.41) is 16.0. The molecule has 1 aliphatic rings. The molecule has 0 saturated carbocycles. The number of likely N-dealkylation sites (tertiary alicyclic amines) is 1. The predicted molar refractivity (Wildman–Crippen MR) is 84.2 cm³/mol. The standard InChI is InChI=1S/C15H23N7O/c1-20-10-12(7-17-20)15-11(4-5-14(23)21(15)2)6-16-8-13-9-18-22(3)19-13/h7,9-11,15-16H,4-6,8H2,1-3H3/t11-,15+/m1/s1. The third-order valence-corrected chi connectivity index (χ3v) is 4.41. The minimum atomic E-state index is 0.0688. The van der Waals surface area contributed by atoms with Crippen molar-refractivity contribution in [3.63, 3.8) is 0 Å². The number of carbonyl (C=O) groups excluding carboxylic acids is 1. The summed E-state index contributed by atoms with van der Waals surface area (Å²) < 4.78 is 1.78. The molecule has 0 unspecified atom stereocenters. The molecule has 0 spiro atoms. The van der Waals surface area contributed by atoms with Gasteiger partial charge >= 0.3 is 0 Å². The van der Waals surface area contributed by atoms with Crippen LogP contribution in [0.25, 0.3) is 0 Å². The summed E-state index contributed by atoms with van der Waals surface area (Å²) >= 11 is 0. The zero-order valence-corrected chi connectivity index (χ0v) is 13.8. The van der Waals surface area contributed by atoms with Gasteiger partial charge in [0.15, 0.2) is 0 Å². The molecule has 0 bridgehead atoms. The van der Waals surface area contributed by atoms with Crippen LogP contribution in [0, 0.1) is 5.92 Å². The van der Waals surface area contributed by atoms with Gasteiger partial charge in [-0.1, -0.05) is 0 Å². The molecule has 0 aliphatic carbocycles. The summed E-state index contributed by atoms with van der Waals surface area (Å²) in [7, 11) is 5.59. The van der Waals surface area contributed by atoms with Crippen molar-refractivity contribution >= 4 is 5.91 Å². The lowest BCUT2D eigenvalue weighted by Gasteiger charge is -2.38. The van der Waals surface area contributed by atoms with E-state index in [1.165, 1.54) is 0 Å². The first-order valence-electron chi connectivity index (χ1n) is 7.84. The molecule has 0 radical (unpaired) electrons. The minimum absolute atomic E-state index is 0.0688. The van der Waals surface area contributed by atoms with E-state index in [9.17, 15) is 4.79 Å². The Morgan fingerprint density at radius 1 is 1.26 bits per heavy atom. The van der Waals surface area contributed by atoms with Crippen LogP contribution in [0.1, 0.15) is 30.1 Å². The van der Waals surface area contributed by atoms with Crippen molar-refractivity contribution in [3.8, 4) is 0 Å². The lowest BCUT2D eigenvalue weighted by Crippen LogP contribution is -2.43. The number of nitrogens with one attached hydrogen (secondary N) is 1. The van der Waals surface area contributed by atoms with Crippen LogP contribution >= 0.6 is 0 Å². The highest BCUT2D eigenvalue weighted by atomic mass is 16.2. The Morgan fingerprint density at radius 3 is 2.74 bits per heavy atom. The van der Waals surface area contributed by atoms with Crippen LogP contribution in [0.15, 0.2) is 18.6 Å². The Kier molecular flexibility index (Phi) is 4.42. The molecule has 8 heteroatoms. The number of aromatic nitrogens is 5. The maximum atomic E-state index is 12.1. The summed E-state index contributed by atoms with van der Waals surface area (Å²) in [6.07, 6.45) is 7.11. The molecule has 2 atom stereocenters. The molecule has 1 aliphatic heterocycles. The molecule has 8 nitrogen and oxygen atoms in total. The summed E-state index contributed by atoms with van der Waals surface area (Å²) in [6, 6.07) is 0.0688. The number of hydrogen-bond donors (Lipinski definition) is 1. The molecule has 1 amide bonds. The molecule has 1 fully saturated rings. The van der Waals surface area contributed by atoms with Crippen molar-refractivity contribution in [3.05, 3.63) is 29.8 Å². The van der Waals surface area contributed by atoms with E-state index in [1.807, 2.05) is 38.4 Å². The maximum Gasteiger partial charge on any atom is 0.222 e. The van der Waals surface area contributed by atoms with Gasteiger partial charge in [0.05, 0.1) is 24.1 Å². The van der Waals surface area contributed by atoms with E-state index in [0.717, 1.165) is 24.2 Å². The summed E-state index contributed by atoms with van der Waals surface area (Å²) in [5.74, 6) is 0.558. The summed E-state index contributed by atoms with van der Waals surface area (Å²) in [5.41, 5.74) is 2.01. The first-order valence-corrected chi connectivity index (χ1v) is 7.84. The maximum absolute atomic E-state index is 12.1. The fraction of sp³-hybridized carbons (Fsp3) is 0.600. The van der Waals surface area contributed by atoms with Crippen molar-refractivity contribution in [1.29, 1.82) is 0 Å². The van der Waals surface area contributed by atoms with Gasteiger partial charge in [0, 0.05) is 52.4 Å². The van der Waals surface area contributed by atoms with Crippen LogP contribution in [0.3, 0.4) is 0 Å². The minimum Gasteiger partial charge on any atom is -0.338 e. The van der Waals surface area contributed by atoms with Crippen LogP contribution in [-0.2, 0) is 25.4 Å². The van der Waals surface area contributed by atoms with Crippen LogP contribution in [0.4, 0.5) is 0 Å². The topological polar surface area (TPSA) is 80.9 Å². The predicted octanol–water partition coefficient (Wildman–Crippen LogP) is 0.248. The number of aryl methyl sites for hydroxylation is 2. The van der Waals surface area contributed by atoms with E-state index < -0.39 is 0 Å². The Balaban J connectivity index is 1.67. The van der Waals surface area contributed by atoms with Crippen molar-refractivity contribution in [2.24, 2.45) is 20.0 Å². The number of hydrogen-bond acceptors (Lipinski definition) is 5. The van der Waals surface area contributed by atoms with Crippen molar-refractivity contribution in [2.75, 3.05) is 13.6 Å². The van der Waals surface area contributed by atoms with E-state index in [1.54, 1.807) is 15.7 Å². The molecule has 1 N–H and O–H groups in total. The molecule has 0 aromatic carbocycles. The average Bonchev–Trinajstić information content (AvgIpc) is 3.12. The van der Waals surface area contributed by atoms with Gasteiger partial charge < -0.3 is 10.2 Å². The van der Waals surface area contributed by atoms with Crippen molar-refractivity contribution in [2.45, 2.75) is 25.4 Å². The van der Waals surface area contributed by atoms with Gasteiger partial charge in [-0.2, -0.15) is 20.1 Å². The second-order valence-electron chi connectivity index (χ2n) is 6.15. The summed E-state index contributed by atoms with van der Waals surface area (Å²) in [4.78, 5) is 15.5. The Labute approximate surface area is 135 Å². The molecular formula is C15H23N7O. The van der Waals surface area contributed by atoms with E-state index in [0.29, 0.717) is 18.9 Å². The smallest absolute Gasteiger partial charge is 0.222 e. The highest BCUT2D eigenvalue weighted by molar-refractivity contribution is 5.77. The molecule has 1 saturated heterocycles. The molecular weight excluding hydrogens is 294 g/mol. The summed E-state index contributed by atoms with van der Waals surface area (Å²) in [6.45, 7) is 1.51. The number of amides is 1. The third-order valence-electron chi connectivity index (χ3n) is 4.41. The Bertz CT molecular complexity index is 677. The second kappa shape index (κ2) is 6.49. The van der Waals surface area contributed by atoms with Gasteiger partial charge in [0.2, 0.25) is 5.91 Å². The zero-order chi connectivity index (χ0) is 16.4. The first-order chi connectivity index (χ1) is 11.0. The van der Waals surface area contributed by atoms with Gasteiger partial charge in [0.1, 0.15) is 0 Å². The van der Waals surface area contributed by atoms with Crippen LogP contribution in [0.5, 0.6) is 0 Å². The van der Waals surface area contributed by atoms with Crippen LogP contribution in [0.2, 0.25) is 0 Å². The number of rotatable bonds is 5. The van der Waals surface area contributed by atoms with E-state index >= 15 is 0 Å². The van der Waals surface area contributed by atoms with Gasteiger partial charge in [-0.05, 0) is 12.3 Å². The van der Waals surface area contributed by atoms with E-state index in [2.05, 4.69) is 20.6 Å². The van der Waals surface area contributed by atoms with E-state index in [4.69, 9.17) is 0 Å². The fourth-order valence-electron chi connectivity index (χ4n) is 3.27. The molecule has 23 heavy (non-hydrogen) atoms. The molecule has 2 aromatic rings. The second-order valence-corrected chi connectivity index (χ2v) is 6.15.